The van der Waals surface area contributed by atoms with Gasteiger partial charge in [-0.05, 0) is 50.4 Å². The summed E-state index contributed by atoms with van der Waals surface area (Å²) < 4.78 is 0. The highest BCUT2D eigenvalue weighted by Crippen LogP contribution is 2.47. The van der Waals surface area contributed by atoms with Crippen LogP contribution in [-0.2, 0) is 9.59 Å². The van der Waals surface area contributed by atoms with Gasteiger partial charge in [-0.1, -0.05) is 37.6 Å². The molecule has 0 saturated heterocycles. The van der Waals surface area contributed by atoms with Crippen molar-refractivity contribution in [1.29, 1.82) is 0 Å². The Bertz CT molecular complexity index is 556. The van der Waals surface area contributed by atoms with Crippen molar-refractivity contribution in [2.45, 2.75) is 83.3 Å². The Morgan fingerprint density at radius 1 is 1.30 bits per heavy atom. The molecule has 0 aromatic carbocycles. The first-order chi connectivity index (χ1) is 12.9. The van der Waals surface area contributed by atoms with Crippen molar-refractivity contribution in [3.05, 3.63) is 24.3 Å². The van der Waals surface area contributed by atoms with E-state index in [0.717, 1.165) is 19.3 Å². The minimum absolute atomic E-state index is 0.0620. The fraction of sp³-hybridized carbons (Fsp3) is 0.727. The van der Waals surface area contributed by atoms with Crippen molar-refractivity contribution in [2.24, 2.45) is 17.3 Å². The average molecular weight is 379 g/mol. The molecule has 5 heteroatoms. The fourth-order valence-corrected chi connectivity index (χ4v) is 4.43. The van der Waals surface area contributed by atoms with Crippen molar-refractivity contribution >= 4 is 11.8 Å². The molecule has 2 aliphatic carbocycles. The Labute approximate surface area is 162 Å². The van der Waals surface area contributed by atoms with Crippen LogP contribution in [0.5, 0.6) is 0 Å². The first-order valence-electron chi connectivity index (χ1n) is 10.3. The van der Waals surface area contributed by atoms with E-state index in [-0.39, 0.29) is 42.0 Å². The molecule has 152 valence electrons. The molecule has 5 nitrogen and oxygen atoms in total. The Balaban J connectivity index is 1.84. The molecule has 0 aromatic rings. The summed E-state index contributed by atoms with van der Waals surface area (Å²) in [5.41, 5.74) is 0.0620. The van der Waals surface area contributed by atoms with Gasteiger partial charge in [0.1, 0.15) is 5.78 Å². The SMILES string of the molecule is CCC1(C(O)C/C=C/[C@H]2[C@H](O)CC(=O)[C@@H]2C/C=C\CCCC(=O)O)CCC1. The van der Waals surface area contributed by atoms with Crippen LogP contribution in [0.4, 0.5) is 0 Å². The van der Waals surface area contributed by atoms with E-state index in [1.54, 1.807) is 0 Å². The van der Waals surface area contributed by atoms with Gasteiger partial charge in [0, 0.05) is 24.7 Å². The third-order valence-corrected chi connectivity index (χ3v) is 6.53. The van der Waals surface area contributed by atoms with Gasteiger partial charge in [0.2, 0.25) is 0 Å². The highest BCUT2D eigenvalue weighted by atomic mass is 16.4. The molecule has 0 amide bonds. The summed E-state index contributed by atoms with van der Waals surface area (Å²) >= 11 is 0. The van der Waals surface area contributed by atoms with Gasteiger partial charge in [0.15, 0.2) is 0 Å². The highest BCUT2D eigenvalue weighted by Gasteiger charge is 2.42. The Kier molecular flexibility index (Phi) is 8.24. The van der Waals surface area contributed by atoms with Crippen LogP contribution in [-0.4, -0.2) is 39.3 Å². The smallest absolute Gasteiger partial charge is 0.303 e. The fourth-order valence-electron chi connectivity index (χ4n) is 4.43. The molecule has 0 radical (unpaired) electrons. The van der Waals surface area contributed by atoms with Gasteiger partial charge in [0.25, 0.3) is 0 Å². The number of carbonyl (C=O) groups excluding carboxylic acids is 1. The number of carboxylic acids is 1. The van der Waals surface area contributed by atoms with Crippen molar-refractivity contribution in [3.63, 3.8) is 0 Å². The van der Waals surface area contributed by atoms with Crippen LogP contribution >= 0.6 is 0 Å². The molecule has 3 N–H and O–H groups in total. The Morgan fingerprint density at radius 3 is 2.63 bits per heavy atom. The molecule has 2 aliphatic rings. The summed E-state index contributed by atoms with van der Waals surface area (Å²) in [6, 6.07) is 0. The van der Waals surface area contributed by atoms with Gasteiger partial charge < -0.3 is 15.3 Å². The van der Waals surface area contributed by atoms with Crippen molar-refractivity contribution in [2.75, 3.05) is 0 Å². The second-order valence-electron chi connectivity index (χ2n) is 8.16. The lowest BCUT2D eigenvalue weighted by molar-refractivity contribution is -0.137. The number of carbonyl (C=O) groups is 2. The van der Waals surface area contributed by atoms with E-state index in [0.29, 0.717) is 25.7 Å². The molecule has 27 heavy (non-hydrogen) atoms. The standard InChI is InChI=1S/C22H34O5/c1-2-22(13-8-14-22)20(25)11-7-10-17-16(18(23)15-19(17)24)9-5-3-4-6-12-21(26)27/h3,5,7,10,16-17,19-20,24-25H,2,4,6,8-9,11-15H2,1H3,(H,26,27)/b5-3-,10-7+/t16-,17-,19-,20?/m1/s1. The second kappa shape index (κ2) is 10.2. The topological polar surface area (TPSA) is 94.8 Å². The summed E-state index contributed by atoms with van der Waals surface area (Å²) in [7, 11) is 0. The predicted octanol–water partition coefficient (Wildman–Crippen LogP) is 3.64. The van der Waals surface area contributed by atoms with E-state index in [2.05, 4.69) is 6.92 Å². The number of Topliss-reactive ketones (excluding diaryl/α,β-unsaturated/α-hetero) is 1. The second-order valence-corrected chi connectivity index (χ2v) is 8.16. The maximum Gasteiger partial charge on any atom is 0.303 e. The van der Waals surface area contributed by atoms with E-state index in [9.17, 15) is 19.8 Å². The number of carboxylic acid groups (broad SMARTS) is 1. The number of aliphatic hydroxyl groups is 2. The minimum atomic E-state index is -0.795. The van der Waals surface area contributed by atoms with Crippen LogP contribution in [0, 0.1) is 17.3 Å². The third kappa shape index (κ3) is 5.76. The number of unbranched alkanes of at least 4 members (excludes halogenated alkanes) is 1. The molecule has 4 atom stereocenters. The first kappa shape index (κ1) is 21.8. The van der Waals surface area contributed by atoms with E-state index in [1.165, 1.54) is 6.42 Å². The molecule has 0 bridgehead atoms. The zero-order chi connectivity index (χ0) is 19.9. The Morgan fingerprint density at radius 2 is 2.04 bits per heavy atom. The van der Waals surface area contributed by atoms with E-state index >= 15 is 0 Å². The summed E-state index contributed by atoms with van der Waals surface area (Å²) in [6.07, 6.45) is 13.8. The van der Waals surface area contributed by atoms with Gasteiger partial charge in [-0.3, -0.25) is 9.59 Å². The minimum Gasteiger partial charge on any atom is -0.481 e. The summed E-state index contributed by atoms with van der Waals surface area (Å²) in [5.74, 6) is -1.14. The maximum absolute atomic E-state index is 12.2. The molecule has 2 saturated carbocycles. The van der Waals surface area contributed by atoms with E-state index < -0.39 is 12.1 Å². The van der Waals surface area contributed by atoms with Crippen molar-refractivity contribution < 1.29 is 24.9 Å². The molecule has 0 spiro atoms. The summed E-state index contributed by atoms with van der Waals surface area (Å²) in [5, 5.41) is 29.4. The zero-order valence-electron chi connectivity index (χ0n) is 16.3. The molecule has 1 unspecified atom stereocenters. The van der Waals surface area contributed by atoms with Crippen molar-refractivity contribution in [1.82, 2.24) is 0 Å². The monoisotopic (exact) mass is 378 g/mol. The van der Waals surface area contributed by atoms with Crippen LogP contribution in [0.1, 0.15) is 71.1 Å². The molecule has 2 fully saturated rings. The average Bonchev–Trinajstić information content (AvgIpc) is 2.84. The number of ketones is 1. The number of aliphatic hydroxyl groups excluding tert-OH is 2. The van der Waals surface area contributed by atoms with Crippen LogP contribution in [0.15, 0.2) is 24.3 Å². The predicted molar refractivity (Wildman–Crippen MR) is 104 cm³/mol. The van der Waals surface area contributed by atoms with E-state index in [1.807, 2.05) is 24.3 Å². The quantitative estimate of drug-likeness (QED) is 0.377. The van der Waals surface area contributed by atoms with Crippen LogP contribution in [0.25, 0.3) is 0 Å². The van der Waals surface area contributed by atoms with Crippen LogP contribution in [0.3, 0.4) is 0 Å². The van der Waals surface area contributed by atoms with Gasteiger partial charge in [-0.15, -0.1) is 0 Å². The molecule has 2 rings (SSSR count). The normalized spacial score (nSPS) is 28.7. The first-order valence-corrected chi connectivity index (χ1v) is 10.3. The number of hydrogen-bond acceptors (Lipinski definition) is 4. The highest BCUT2D eigenvalue weighted by molar-refractivity contribution is 5.84. The van der Waals surface area contributed by atoms with Gasteiger partial charge in [0.05, 0.1) is 12.2 Å². The number of allylic oxidation sites excluding steroid dienone is 2. The zero-order valence-corrected chi connectivity index (χ0v) is 16.3. The number of aliphatic carboxylic acids is 1. The lowest BCUT2D eigenvalue weighted by atomic mass is 9.63. The number of hydrogen-bond donors (Lipinski definition) is 3. The summed E-state index contributed by atoms with van der Waals surface area (Å²) in [6.45, 7) is 2.13. The molecule has 0 aliphatic heterocycles. The van der Waals surface area contributed by atoms with Gasteiger partial charge >= 0.3 is 5.97 Å². The third-order valence-electron chi connectivity index (χ3n) is 6.53. The van der Waals surface area contributed by atoms with Crippen molar-refractivity contribution in [3.8, 4) is 0 Å². The molecular weight excluding hydrogens is 344 g/mol. The van der Waals surface area contributed by atoms with Gasteiger partial charge in [-0.2, -0.15) is 0 Å². The van der Waals surface area contributed by atoms with Crippen LogP contribution < -0.4 is 0 Å². The lowest BCUT2D eigenvalue weighted by Crippen LogP contribution is -2.40. The molecular formula is C22H34O5. The molecule has 0 aromatic heterocycles. The number of rotatable bonds is 11. The van der Waals surface area contributed by atoms with Crippen LogP contribution in [0.2, 0.25) is 0 Å². The lowest BCUT2D eigenvalue weighted by Gasteiger charge is -2.45. The maximum atomic E-state index is 12.2. The largest absolute Gasteiger partial charge is 0.481 e. The Hall–Kier alpha value is -1.46. The molecule has 0 heterocycles. The summed E-state index contributed by atoms with van der Waals surface area (Å²) in [4.78, 5) is 22.7. The van der Waals surface area contributed by atoms with Gasteiger partial charge in [-0.25, -0.2) is 0 Å². The van der Waals surface area contributed by atoms with E-state index in [4.69, 9.17) is 5.11 Å².